The minimum Gasteiger partial charge on any atom is -0.0650 e. The van der Waals surface area contributed by atoms with Gasteiger partial charge in [-0.05, 0) is 11.5 Å². The molecule has 0 N–H and O–H groups in total. The van der Waals surface area contributed by atoms with Crippen LogP contribution in [0, 0.1) is 0 Å². The van der Waals surface area contributed by atoms with Gasteiger partial charge in [0.15, 0.2) is 0 Å². The predicted molar refractivity (Wildman–Crippen MR) is 45.4 cm³/mol. The summed E-state index contributed by atoms with van der Waals surface area (Å²) in [5.41, 5.74) is 0. The minimum atomic E-state index is 1.04. The zero-order valence-corrected chi connectivity index (χ0v) is 6.77. The van der Waals surface area contributed by atoms with E-state index < -0.39 is 0 Å². The van der Waals surface area contributed by atoms with Crippen molar-refractivity contribution >= 4 is 6.21 Å². The highest BCUT2D eigenvalue weighted by atomic mass is 15.3. The van der Waals surface area contributed by atoms with E-state index >= 15 is 0 Å². The van der Waals surface area contributed by atoms with E-state index in [9.17, 15) is 0 Å². The molecule has 1 heterocycles. The van der Waals surface area contributed by atoms with E-state index in [1.54, 1.807) is 4.68 Å². The zero-order chi connectivity index (χ0) is 7.94. The van der Waals surface area contributed by atoms with Gasteiger partial charge in [0, 0.05) is 12.1 Å². The van der Waals surface area contributed by atoms with Crippen molar-refractivity contribution in [2.75, 3.05) is 0 Å². The first-order valence-corrected chi connectivity index (χ1v) is 3.92. The SMILES string of the molecule is CCC/C=N/[n+]1ccccc1. The van der Waals surface area contributed by atoms with E-state index in [4.69, 9.17) is 0 Å². The van der Waals surface area contributed by atoms with E-state index in [2.05, 4.69) is 12.0 Å². The van der Waals surface area contributed by atoms with Crippen molar-refractivity contribution in [1.82, 2.24) is 0 Å². The van der Waals surface area contributed by atoms with Gasteiger partial charge in [-0.1, -0.05) is 24.1 Å². The second-order valence-corrected chi connectivity index (χ2v) is 2.34. The van der Waals surface area contributed by atoms with Crippen LogP contribution in [0.3, 0.4) is 0 Å². The molecule has 0 fully saturated rings. The van der Waals surface area contributed by atoms with Gasteiger partial charge in [-0.3, -0.25) is 0 Å². The second kappa shape index (κ2) is 4.61. The molecular weight excluding hydrogens is 136 g/mol. The number of hydrogen-bond acceptors (Lipinski definition) is 1. The molecule has 2 nitrogen and oxygen atoms in total. The average molecular weight is 149 g/mol. The number of unbranched alkanes of at least 4 members (excludes halogenated alkanes) is 1. The Kier molecular flexibility index (Phi) is 3.32. The van der Waals surface area contributed by atoms with Crippen molar-refractivity contribution < 1.29 is 4.68 Å². The first-order chi connectivity index (χ1) is 5.43. The van der Waals surface area contributed by atoms with Gasteiger partial charge in [0.2, 0.25) is 12.4 Å². The van der Waals surface area contributed by atoms with Gasteiger partial charge in [-0.25, -0.2) is 0 Å². The summed E-state index contributed by atoms with van der Waals surface area (Å²) in [5.74, 6) is 0. The molecule has 0 aliphatic heterocycles. The molecule has 0 aliphatic carbocycles. The van der Waals surface area contributed by atoms with Crippen molar-refractivity contribution in [3.8, 4) is 0 Å². The molecule has 0 aliphatic rings. The molecule has 0 unspecified atom stereocenters. The summed E-state index contributed by atoms with van der Waals surface area (Å²) in [4.78, 5) is 0. The van der Waals surface area contributed by atoms with E-state index in [1.807, 2.05) is 36.8 Å². The smallest absolute Gasteiger partial charge is 0.0650 e. The number of rotatable bonds is 3. The molecule has 0 spiro atoms. The molecule has 0 amide bonds. The molecule has 1 rings (SSSR count). The Morgan fingerprint density at radius 2 is 2.00 bits per heavy atom. The van der Waals surface area contributed by atoms with Gasteiger partial charge < -0.3 is 0 Å². The summed E-state index contributed by atoms with van der Waals surface area (Å²) in [6.07, 6.45) is 7.97. The molecule has 0 radical (unpaired) electrons. The lowest BCUT2D eigenvalue weighted by atomic mass is 10.4. The Morgan fingerprint density at radius 1 is 1.27 bits per heavy atom. The Balaban J connectivity index is 2.50. The van der Waals surface area contributed by atoms with E-state index in [-0.39, 0.29) is 0 Å². The number of nitrogens with zero attached hydrogens (tertiary/aromatic N) is 2. The number of pyridine rings is 1. The van der Waals surface area contributed by atoms with Crippen LogP contribution >= 0.6 is 0 Å². The summed E-state index contributed by atoms with van der Waals surface area (Å²) < 4.78 is 1.80. The molecule has 0 saturated carbocycles. The van der Waals surface area contributed by atoms with Crippen molar-refractivity contribution in [2.24, 2.45) is 5.10 Å². The summed E-state index contributed by atoms with van der Waals surface area (Å²) >= 11 is 0. The number of hydrogen-bond donors (Lipinski definition) is 0. The molecule has 11 heavy (non-hydrogen) atoms. The van der Waals surface area contributed by atoms with Gasteiger partial charge in [0.05, 0.1) is 6.21 Å². The van der Waals surface area contributed by atoms with Gasteiger partial charge >= 0.3 is 0 Å². The summed E-state index contributed by atoms with van der Waals surface area (Å²) in [6.45, 7) is 2.14. The lowest BCUT2D eigenvalue weighted by Gasteiger charge is -1.82. The number of aromatic nitrogens is 1. The highest BCUT2D eigenvalue weighted by molar-refractivity contribution is 5.55. The molecule has 1 aromatic rings. The Morgan fingerprint density at radius 3 is 2.64 bits per heavy atom. The normalized spacial score (nSPS) is 10.6. The van der Waals surface area contributed by atoms with E-state index in [0.29, 0.717) is 0 Å². The van der Waals surface area contributed by atoms with E-state index in [1.165, 1.54) is 0 Å². The highest BCUT2D eigenvalue weighted by Crippen LogP contribution is 1.80. The highest BCUT2D eigenvalue weighted by Gasteiger charge is 1.88. The fraction of sp³-hybridized carbons (Fsp3) is 0.333. The molecule has 0 atom stereocenters. The molecule has 0 bridgehead atoms. The van der Waals surface area contributed by atoms with Crippen LogP contribution in [0.4, 0.5) is 0 Å². The van der Waals surface area contributed by atoms with Crippen molar-refractivity contribution in [1.29, 1.82) is 0 Å². The van der Waals surface area contributed by atoms with E-state index in [0.717, 1.165) is 12.8 Å². The van der Waals surface area contributed by atoms with Gasteiger partial charge in [0.25, 0.3) is 0 Å². The zero-order valence-electron chi connectivity index (χ0n) is 6.77. The van der Waals surface area contributed by atoms with Crippen LogP contribution in [0.5, 0.6) is 0 Å². The largest absolute Gasteiger partial charge is 0.202 e. The first-order valence-electron chi connectivity index (χ1n) is 3.92. The van der Waals surface area contributed by atoms with Crippen LogP contribution < -0.4 is 4.68 Å². The van der Waals surface area contributed by atoms with Crippen molar-refractivity contribution in [3.05, 3.63) is 30.6 Å². The molecule has 58 valence electrons. The third-order valence-electron chi connectivity index (χ3n) is 1.33. The minimum absolute atomic E-state index is 1.04. The van der Waals surface area contributed by atoms with Gasteiger partial charge in [0.1, 0.15) is 0 Å². The van der Waals surface area contributed by atoms with Crippen LogP contribution in [0.15, 0.2) is 35.7 Å². The molecule has 1 aromatic heterocycles. The van der Waals surface area contributed by atoms with Gasteiger partial charge in [-0.2, -0.15) is 0 Å². The standard InChI is InChI=1S/C9H13N2/c1-2-3-7-10-11-8-5-4-6-9-11/h4-9H,2-3H2,1H3/q+1/b10-7+. The summed E-state index contributed by atoms with van der Waals surface area (Å²) in [6, 6.07) is 5.90. The summed E-state index contributed by atoms with van der Waals surface area (Å²) in [5, 5.41) is 4.19. The second-order valence-electron chi connectivity index (χ2n) is 2.34. The predicted octanol–water partition coefficient (Wildman–Crippen LogP) is 1.61. The van der Waals surface area contributed by atoms with Crippen LogP contribution in [0.2, 0.25) is 0 Å². The molecular formula is C9H13N2+. The van der Waals surface area contributed by atoms with Crippen molar-refractivity contribution in [2.45, 2.75) is 19.8 Å². The first kappa shape index (κ1) is 7.92. The topological polar surface area (TPSA) is 16.2 Å². The summed E-state index contributed by atoms with van der Waals surface area (Å²) in [7, 11) is 0. The maximum absolute atomic E-state index is 4.19. The average Bonchev–Trinajstić information content (AvgIpc) is 2.07. The fourth-order valence-electron chi connectivity index (χ4n) is 0.748. The van der Waals surface area contributed by atoms with Crippen molar-refractivity contribution in [3.63, 3.8) is 0 Å². The molecule has 0 saturated heterocycles. The van der Waals surface area contributed by atoms with Crippen LogP contribution in [-0.4, -0.2) is 6.21 Å². The monoisotopic (exact) mass is 149 g/mol. The Bertz CT molecular complexity index is 216. The Hall–Kier alpha value is -1.18. The van der Waals surface area contributed by atoms with Crippen LogP contribution in [-0.2, 0) is 0 Å². The third-order valence-corrected chi connectivity index (χ3v) is 1.33. The lowest BCUT2D eigenvalue weighted by molar-refractivity contribution is -0.678. The maximum Gasteiger partial charge on any atom is 0.202 e. The molecule has 0 aromatic carbocycles. The maximum atomic E-state index is 4.19. The third kappa shape index (κ3) is 2.94. The Labute approximate surface area is 67.2 Å². The lowest BCUT2D eigenvalue weighted by Crippen LogP contribution is -2.25. The van der Waals surface area contributed by atoms with Gasteiger partial charge in [-0.15, -0.1) is 0 Å². The van der Waals surface area contributed by atoms with Crippen LogP contribution in [0.1, 0.15) is 19.8 Å². The molecule has 2 heteroatoms. The quantitative estimate of drug-likeness (QED) is 0.458. The van der Waals surface area contributed by atoms with Crippen LogP contribution in [0.25, 0.3) is 0 Å². The fourth-order valence-corrected chi connectivity index (χ4v) is 0.748.